The molecule has 104 valence electrons. The molecule has 2 atom stereocenters. The highest BCUT2D eigenvalue weighted by molar-refractivity contribution is 5.75. The van der Waals surface area contributed by atoms with Gasteiger partial charge in [-0.1, -0.05) is 19.1 Å². The molecule has 1 aromatic rings. The summed E-state index contributed by atoms with van der Waals surface area (Å²) in [4.78, 5) is 11.8. The number of hydrogen-bond donors (Lipinski definition) is 3. The van der Waals surface area contributed by atoms with E-state index in [1.54, 1.807) is 6.07 Å². The Morgan fingerprint density at radius 2 is 2.37 bits per heavy atom. The molecule has 0 radical (unpaired) electrons. The van der Waals surface area contributed by atoms with Gasteiger partial charge < -0.3 is 15.7 Å². The first-order chi connectivity index (χ1) is 9.15. The number of carbonyl (C=O) groups excluding carboxylic acids is 1. The summed E-state index contributed by atoms with van der Waals surface area (Å²) in [6.07, 6.45) is 2.02. The molecule has 5 heteroatoms. The van der Waals surface area contributed by atoms with Crippen LogP contribution in [0.2, 0.25) is 0 Å². The molecule has 2 amide bonds. The summed E-state index contributed by atoms with van der Waals surface area (Å²) in [7, 11) is 0. The van der Waals surface area contributed by atoms with E-state index in [9.17, 15) is 9.18 Å². The van der Waals surface area contributed by atoms with Crippen molar-refractivity contribution in [3.8, 4) is 0 Å². The van der Waals surface area contributed by atoms with Gasteiger partial charge in [-0.3, -0.25) is 0 Å². The number of amides is 2. The van der Waals surface area contributed by atoms with Crippen molar-refractivity contribution in [1.82, 2.24) is 10.6 Å². The van der Waals surface area contributed by atoms with Gasteiger partial charge in [0.2, 0.25) is 0 Å². The molecule has 0 aromatic heterocycles. The molecule has 4 nitrogen and oxygen atoms in total. The zero-order valence-electron chi connectivity index (χ0n) is 10.9. The number of hydrogen-bond acceptors (Lipinski definition) is 2. The maximum atomic E-state index is 13.6. The van der Waals surface area contributed by atoms with Gasteiger partial charge in [0.1, 0.15) is 5.82 Å². The smallest absolute Gasteiger partial charge is 0.315 e. The quantitative estimate of drug-likeness (QED) is 0.779. The molecule has 19 heavy (non-hydrogen) atoms. The highest BCUT2D eigenvalue weighted by atomic mass is 19.1. The first-order valence-corrected chi connectivity index (χ1v) is 6.60. The van der Waals surface area contributed by atoms with E-state index >= 15 is 0 Å². The number of urea groups is 1. The van der Waals surface area contributed by atoms with E-state index in [0.29, 0.717) is 24.8 Å². The minimum Gasteiger partial charge on any atom is -0.394 e. The third-order valence-electron chi connectivity index (χ3n) is 3.57. The number of rotatable bonds is 4. The average Bonchev–Trinajstić information content (AvgIpc) is 2.81. The van der Waals surface area contributed by atoms with Crippen LogP contribution in [0.25, 0.3) is 0 Å². The van der Waals surface area contributed by atoms with Crippen LogP contribution in [0.15, 0.2) is 18.2 Å². The van der Waals surface area contributed by atoms with Crippen LogP contribution >= 0.6 is 0 Å². The Hall–Kier alpha value is -1.62. The van der Waals surface area contributed by atoms with Crippen molar-refractivity contribution in [2.75, 3.05) is 6.61 Å². The molecule has 0 heterocycles. The van der Waals surface area contributed by atoms with Crippen LogP contribution in [-0.2, 0) is 6.42 Å². The molecule has 1 aliphatic carbocycles. The monoisotopic (exact) mass is 266 g/mol. The largest absolute Gasteiger partial charge is 0.394 e. The molecule has 0 spiro atoms. The second-order valence-corrected chi connectivity index (χ2v) is 4.80. The van der Waals surface area contributed by atoms with Crippen LogP contribution in [0.3, 0.4) is 0 Å². The fourth-order valence-corrected chi connectivity index (χ4v) is 2.42. The lowest BCUT2D eigenvalue weighted by molar-refractivity contribution is 0.212. The molecule has 0 bridgehead atoms. The summed E-state index contributed by atoms with van der Waals surface area (Å²) in [6.45, 7) is 1.81. The summed E-state index contributed by atoms with van der Waals surface area (Å²) >= 11 is 0. The molecule has 0 fully saturated rings. The summed E-state index contributed by atoms with van der Waals surface area (Å²) < 4.78 is 13.6. The zero-order chi connectivity index (χ0) is 13.8. The van der Waals surface area contributed by atoms with Gasteiger partial charge in [-0.05, 0) is 36.5 Å². The molecule has 0 saturated heterocycles. The molecule has 0 aliphatic heterocycles. The minimum atomic E-state index is -0.317. The summed E-state index contributed by atoms with van der Waals surface area (Å²) in [5.41, 5.74) is 1.55. The minimum absolute atomic E-state index is 0.0835. The van der Waals surface area contributed by atoms with Gasteiger partial charge in [-0.15, -0.1) is 0 Å². The van der Waals surface area contributed by atoms with E-state index in [1.807, 2.05) is 13.0 Å². The standard InChI is InChI=1S/C14H19FN2O2/c1-2-9(8-18)16-14(19)17-13-7-6-10-11(13)4-3-5-12(10)15/h3-5,9,13,18H,2,6-8H2,1H3,(H2,16,17,19)/t9-,13?/m0/s1. The van der Waals surface area contributed by atoms with Gasteiger partial charge in [-0.25, -0.2) is 9.18 Å². The number of benzene rings is 1. The van der Waals surface area contributed by atoms with Crippen molar-refractivity contribution < 1.29 is 14.3 Å². The number of aliphatic hydroxyl groups is 1. The van der Waals surface area contributed by atoms with Crippen LogP contribution in [0, 0.1) is 5.82 Å². The molecular weight excluding hydrogens is 247 g/mol. The van der Waals surface area contributed by atoms with Gasteiger partial charge in [0.25, 0.3) is 0 Å². The summed E-state index contributed by atoms with van der Waals surface area (Å²) in [5.74, 6) is -0.205. The second kappa shape index (κ2) is 6.02. The normalized spacial score (nSPS) is 18.8. The van der Waals surface area contributed by atoms with Crippen LogP contribution in [0.1, 0.15) is 36.9 Å². The van der Waals surface area contributed by atoms with Crippen LogP contribution in [-0.4, -0.2) is 23.8 Å². The average molecular weight is 266 g/mol. The molecule has 2 rings (SSSR count). The highest BCUT2D eigenvalue weighted by Gasteiger charge is 2.26. The lowest BCUT2D eigenvalue weighted by Crippen LogP contribution is -2.44. The number of halogens is 1. The van der Waals surface area contributed by atoms with E-state index in [-0.39, 0.29) is 30.5 Å². The number of aliphatic hydroxyl groups excluding tert-OH is 1. The van der Waals surface area contributed by atoms with Crippen molar-refractivity contribution in [1.29, 1.82) is 0 Å². The Morgan fingerprint density at radius 1 is 1.58 bits per heavy atom. The first-order valence-electron chi connectivity index (χ1n) is 6.60. The Labute approximate surface area is 112 Å². The van der Waals surface area contributed by atoms with Crippen molar-refractivity contribution in [2.24, 2.45) is 0 Å². The van der Waals surface area contributed by atoms with E-state index < -0.39 is 0 Å². The van der Waals surface area contributed by atoms with E-state index in [1.165, 1.54) is 6.07 Å². The van der Waals surface area contributed by atoms with Crippen molar-refractivity contribution in [2.45, 2.75) is 38.3 Å². The second-order valence-electron chi connectivity index (χ2n) is 4.80. The van der Waals surface area contributed by atoms with Crippen LogP contribution in [0.5, 0.6) is 0 Å². The third-order valence-corrected chi connectivity index (χ3v) is 3.57. The van der Waals surface area contributed by atoms with Crippen molar-refractivity contribution >= 4 is 6.03 Å². The zero-order valence-corrected chi connectivity index (χ0v) is 10.9. The van der Waals surface area contributed by atoms with Gasteiger partial charge in [0, 0.05) is 0 Å². The maximum absolute atomic E-state index is 13.6. The molecule has 1 aliphatic rings. The number of fused-ring (bicyclic) bond motifs is 1. The first kappa shape index (κ1) is 13.8. The van der Waals surface area contributed by atoms with Gasteiger partial charge in [-0.2, -0.15) is 0 Å². The van der Waals surface area contributed by atoms with Gasteiger partial charge >= 0.3 is 6.03 Å². The third kappa shape index (κ3) is 3.04. The Balaban J connectivity index is 1.99. The molecule has 0 saturated carbocycles. The Bertz CT molecular complexity index is 461. The van der Waals surface area contributed by atoms with Gasteiger partial charge in [0.05, 0.1) is 18.7 Å². The maximum Gasteiger partial charge on any atom is 0.315 e. The Morgan fingerprint density at radius 3 is 3.05 bits per heavy atom. The predicted molar refractivity (Wildman–Crippen MR) is 70.3 cm³/mol. The molecular formula is C14H19FN2O2. The molecule has 3 N–H and O–H groups in total. The molecule has 1 aromatic carbocycles. The lowest BCUT2D eigenvalue weighted by atomic mass is 10.1. The summed E-state index contributed by atoms with van der Waals surface area (Å²) in [6, 6.07) is 4.24. The van der Waals surface area contributed by atoms with E-state index in [0.717, 1.165) is 5.56 Å². The fraction of sp³-hybridized carbons (Fsp3) is 0.500. The number of nitrogens with one attached hydrogen (secondary N) is 2. The van der Waals surface area contributed by atoms with Crippen molar-refractivity contribution in [3.05, 3.63) is 35.1 Å². The van der Waals surface area contributed by atoms with Gasteiger partial charge in [0.15, 0.2) is 0 Å². The van der Waals surface area contributed by atoms with E-state index in [2.05, 4.69) is 10.6 Å². The Kier molecular flexibility index (Phi) is 4.37. The molecule has 1 unspecified atom stereocenters. The van der Waals surface area contributed by atoms with Crippen molar-refractivity contribution in [3.63, 3.8) is 0 Å². The summed E-state index contributed by atoms with van der Waals surface area (Å²) in [5, 5.41) is 14.6. The van der Waals surface area contributed by atoms with Crippen LogP contribution in [0.4, 0.5) is 9.18 Å². The van der Waals surface area contributed by atoms with E-state index in [4.69, 9.17) is 5.11 Å². The highest BCUT2D eigenvalue weighted by Crippen LogP contribution is 2.32. The predicted octanol–water partition coefficient (Wildman–Crippen LogP) is 1.88. The SMILES string of the molecule is CC[C@@H](CO)NC(=O)NC1CCc2c(F)cccc21. The number of carbonyl (C=O) groups is 1. The topological polar surface area (TPSA) is 61.4 Å². The lowest BCUT2D eigenvalue weighted by Gasteiger charge is -2.18. The van der Waals surface area contributed by atoms with Crippen LogP contribution < -0.4 is 10.6 Å². The fourth-order valence-electron chi connectivity index (χ4n) is 2.42.